The molecule has 1 unspecified atom stereocenters. The monoisotopic (exact) mass is 252 g/mol. The number of halogens is 1. The van der Waals surface area contributed by atoms with Gasteiger partial charge in [-0.25, -0.2) is 0 Å². The van der Waals surface area contributed by atoms with Gasteiger partial charge in [-0.3, -0.25) is 0 Å². The van der Waals surface area contributed by atoms with Crippen molar-refractivity contribution in [3.8, 4) is 11.5 Å². The van der Waals surface area contributed by atoms with Crippen molar-refractivity contribution in [3.05, 3.63) is 34.6 Å². The summed E-state index contributed by atoms with van der Waals surface area (Å²) in [6.45, 7) is 3.77. The van der Waals surface area contributed by atoms with E-state index in [1.807, 2.05) is 26.0 Å². The summed E-state index contributed by atoms with van der Waals surface area (Å²) in [5.74, 6) is 0.721. The van der Waals surface area contributed by atoms with Crippen LogP contribution in [0.15, 0.2) is 22.7 Å². The molecular weight excluding hydrogens is 240 g/mol. The molecule has 17 heavy (non-hydrogen) atoms. The van der Waals surface area contributed by atoms with Gasteiger partial charge in [0.2, 0.25) is 5.82 Å². The van der Waals surface area contributed by atoms with Crippen molar-refractivity contribution < 1.29 is 9.63 Å². The van der Waals surface area contributed by atoms with E-state index in [0.29, 0.717) is 23.2 Å². The van der Waals surface area contributed by atoms with Gasteiger partial charge in [-0.05, 0) is 37.1 Å². The second-order valence-electron chi connectivity index (χ2n) is 3.84. The van der Waals surface area contributed by atoms with E-state index in [9.17, 15) is 5.11 Å². The Morgan fingerprint density at radius 2 is 2.24 bits per heavy atom. The number of aromatic nitrogens is 2. The lowest BCUT2D eigenvalue weighted by Gasteiger charge is -2.01. The summed E-state index contributed by atoms with van der Waals surface area (Å²) < 4.78 is 5.13. The lowest BCUT2D eigenvalue weighted by molar-refractivity contribution is 0.159. The normalized spacial score (nSPS) is 12.7. The van der Waals surface area contributed by atoms with Crippen LogP contribution in [0, 0.1) is 6.92 Å². The zero-order valence-corrected chi connectivity index (χ0v) is 10.4. The van der Waals surface area contributed by atoms with Crippen LogP contribution in [-0.4, -0.2) is 15.2 Å². The van der Waals surface area contributed by atoms with Gasteiger partial charge < -0.3 is 9.63 Å². The first-order valence-electron chi connectivity index (χ1n) is 5.40. The molecule has 0 radical (unpaired) electrons. The molecule has 0 bridgehead atoms. The molecular formula is C12H13ClN2O2. The fourth-order valence-electron chi connectivity index (χ4n) is 1.53. The first kappa shape index (κ1) is 12.1. The average Bonchev–Trinajstić information content (AvgIpc) is 2.77. The van der Waals surface area contributed by atoms with Crippen LogP contribution in [0.4, 0.5) is 0 Å². The van der Waals surface area contributed by atoms with E-state index in [4.69, 9.17) is 16.1 Å². The third-order valence-corrected chi connectivity index (χ3v) is 2.78. The van der Waals surface area contributed by atoms with Crippen LogP contribution in [0.5, 0.6) is 0 Å². The van der Waals surface area contributed by atoms with E-state index in [-0.39, 0.29) is 0 Å². The maximum Gasteiger partial charge on any atom is 0.258 e. The summed E-state index contributed by atoms with van der Waals surface area (Å²) in [5, 5.41) is 14.0. The quantitative estimate of drug-likeness (QED) is 0.912. The molecule has 0 aliphatic carbocycles. The van der Waals surface area contributed by atoms with E-state index < -0.39 is 6.10 Å². The van der Waals surface area contributed by atoms with Gasteiger partial charge in [-0.1, -0.05) is 23.7 Å². The van der Waals surface area contributed by atoms with Gasteiger partial charge in [0.05, 0.1) is 0 Å². The zero-order chi connectivity index (χ0) is 12.4. The fourth-order valence-corrected chi connectivity index (χ4v) is 1.76. The molecule has 0 saturated heterocycles. The predicted molar refractivity (Wildman–Crippen MR) is 64.7 cm³/mol. The molecule has 1 aromatic carbocycles. The highest BCUT2D eigenvalue weighted by molar-refractivity contribution is 6.30. The standard InChI is InChI=1S/C12H13ClN2O2/c1-3-10(16)11-14-12(17-15-11)9-5-4-8(13)6-7(9)2/h4-6,10,16H,3H2,1-2H3. The van der Waals surface area contributed by atoms with E-state index in [0.717, 1.165) is 11.1 Å². The summed E-state index contributed by atoms with van der Waals surface area (Å²) >= 11 is 5.88. The Kier molecular flexibility index (Phi) is 3.45. The Labute approximate surface area is 104 Å². The molecule has 0 saturated carbocycles. The molecule has 1 aromatic heterocycles. The van der Waals surface area contributed by atoms with E-state index >= 15 is 0 Å². The number of benzene rings is 1. The smallest absolute Gasteiger partial charge is 0.258 e. The van der Waals surface area contributed by atoms with Crippen LogP contribution >= 0.6 is 11.6 Å². The summed E-state index contributed by atoms with van der Waals surface area (Å²) in [7, 11) is 0. The topological polar surface area (TPSA) is 59.2 Å². The summed E-state index contributed by atoms with van der Waals surface area (Å²) in [6.07, 6.45) is -0.126. The van der Waals surface area contributed by atoms with Gasteiger partial charge in [0.1, 0.15) is 6.10 Å². The molecule has 0 aliphatic heterocycles. The van der Waals surface area contributed by atoms with Crippen LogP contribution in [0.2, 0.25) is 5.02 Å². The summed E-state index contributed by atoms with van der Waals surface area (Å²) in [5.41, 5.74) is 1.79. The molecule has 0 aliphatic rings. The fraction of sp³-hybridized carbons (Fsp3) is 0.333. The Balaban J connectivity index is 2.37. The predicted octanol–water partition coefficient (Wildman–Crippen LogP) is 3.14. The number of rotatable bonds is 3. The summed E-state index contributed by atoms with van der Waals surface area (Å²) in [6, 6.07) is 5.42. The van der Waals surface area contributed by atoms with Crippen molar-refractivity contribution in [1.29, 1.82) is 0 Å². The van der Waals surface area contributed by atoms with E-state index in [1.165, 1.54) is 0 Å². The first-order valence-corrected chi connectivity index (χ1v) is 5.77. The number of hydrogen-bond donors (Lipinski definition) is 1. The van der Waals surface area contributed by atoms with Crippen LogP contribution in [-0.2, 0) is 0 Å². The lowest BCUT2D eigenvalue weighted by atomic mass is 10.1. The molecule has 0 amide bonds. The highest BCUT2D eigenvalue weighted by Gasteiger charge is 2.15. The van der Waals surface area contributed by atoms with Crippen LogP contribution in [0.1, 0.15) is 30.8 Å². The maximum atomic E-state index is 9.60. The molecule has 1 N–H and O–H groups in total. The third-order valence-electron chi connectivity index (χ3n) is 2.55. The Bertz CT molecular complexity index is 525. The molecule has 1 heterocycles. The molecule has 2 rings (SSSR count). The largest absolute Gasteiger partial charge is 0.385 e. The van der Waals surface area contributed by atoms with E-state index in [2.05, 4.69) is 10.1 Å². The minimum Gasteiger partial charge on any atom is -0.385 e. The maximum absolute atomic E-state index is 9.60. The van der Waals surface area contributed by atoms with Gasteiger partial charge in [0, 0.05) is 10.6 Å². The highest BCUT2D eigenvalue weighted by Crippen LogP contribution is 2.25. The second-order valence-corrected chi connectivity index (χ2v) is 4.28. The van der Waals surface area contributed by atoms with Crippen molar-refractivity contribution in [1.82, 2.24) is 10.1 Å². The van der Waals surface area contributed by atoms with Crippen molar-refractivity contribution in [2.24, 2.45) is 0 Å². The van der Waals surface area contributed by atoms with Crippen molar-refractivity contribution in [2.45, 2.75) is 26.4 Å². The van der Waals surface area contributed by atoms with Crippen molar-refractivity contribution >= 4 is 11.6 Å². The summed E-state index contributed by atoms with van der Waals surface area (Å²) in [4.78, 5) is 4.17. The molecule has 5 heteroatoms. The molecule has 90 valence electrons. The van der Waals surface area contributed by atoms with E-state index in [1.54, 1.807) is 6.07 Å². The lowest BCUT2D eigenvalue weighted by Crippen LogP contribution is -1.97. The van der Waals surface area contributed by atoms with Gasteiger partial charge in [-0.2, -0.15) is 4.98 Å². The molecule has 2 aromatic rings. The van der Waals surface area contributed by atoms with Gasteiger partial charge in [0.25, 0.3) is 5.89 Å². The molecule has 0 spiro atoms. The van der Waals surface area contributed by atoms with Crippen LogP contribution in [0.3, 0.4) is 0 Å². The zero-order valence-electron chi connectivity index (χ0n) is 9.64. The van der Waals surface area contributed by atoms with Crippen molar-refractivity contribution in [2.75, 3.05) is 0 Å². The Hall–Kier alpha value is -1.39. The number of nitrogens with zero attached hydrogens (tertiary/aromatic N) is 2. The van der Waals surface area contributed by atoms with Gasteiger partial charge in [0.15, 0.2) is 0 Å². The minimum absolute atomic E-state index is 0.317. The van der Waals surface area contributed by atoms with Gasteiger partial charge >= 0.3 is 0 Å². The SMILES string of the molecule is CCC(O)c1noc(-c2ccc(Cl)cc2C)n1. The number of aliphatic hydroxyl groups is 1. The number of hydrogen-bond acceptors (Lipinski definition) is 4. The second kappa shape index (κ2) is 4.85. The third kappa shape index (κ3) is 2.48. The molecule has 4 nitrogen and oxygen atoms in total. The molecule has 1 atom stereocenters. The Morgan fingerprint density at radius 3 is 2.88 bits per heavy atom. The Morgan fingerprint density at radius 1 is 1.47 bits per heavy atom. The van der Waals surface area contributed by atoms with Crippen LogP contribution in [0.25, 0.3) is 11.5 Å². The average molecular weight is 253 g/mol. The van der Waals surface area contributed by atoms with Gasteiger partial charge in [-0.15, -0.1) is 0 Å². The van der Waals surface area contributed by atoms with Crippen LogP contribution < -0.4 is 0 Å². The molecule has 0 fully saturated rings. The number of aryl methyl sites for hydroxylation is 1. The van der Waals surface area contributed by atoms with Crippen molar-refractivity contribution in [3.63, 3.8) is 0 Å². The minimum atomic E-state index is -0.680. The number of aliphatic hydroxyl groups excluding tert-OH is 1. The highest BCUT2D eigenvalue weighted by atomic mass is 35.5. The first-order chi connectivity index (χ1) is 8.11.